The number of carbonyl (C=O) groups is 1. The predicted molar refractivity (Wildman–Crippen MR) is 211 cm³/mol. The van der Waals surface area contributed by atoms with E-state index in [1.54, 1.807) is 51.7 Å². The van der Waals surface area contributed by atoms with Gasteiger partial charge in [-0.1, -0.05) is 18.2 Å². The highest BCUT2D eigenvalue weighted by Gasteiger charge is 2.23. The molecule has 6 aromatic rings. The SMILES string of the molecule is COc1cc(/C=C(/C(=O)NCc2cc3c([nH]c4ccccc43)c(-c3cc(OC)c(OC)c(OC)c3)n2)c2cc(OC)c(OC)c(OC)c2)cc(OC)c1OC. The van der Waals surface area contributed by atoms with Crippen LogP contribution in [0, 0.1) is 0 Å². The van der Waals surface area contributed by atoms with Crippen molar-refractivity contribution in [2.24, 2.45) is 0 Å². The van der Waals surface area contributed by atoms with Crippen LogP contribution in [0.5, 0.6) is 51.7 Å². The maximum absolute atomic E-state index is 14.5. The first-order valence-corrected chi connectivity index (χ1v) is 17.1. The summed E-state index contributed by atoms with van der Waals surface area (Å²) in [6.07, 6.45) is 1.72. The number of para-hydroxylation sites is 1. The average Bonchev–Trinajstić information content (AvgIpc) is 3.61. The van der Waals surface area contributed by atoms with Gasteiger partial charge in [-0.15, -0.1) is 0 Å². The highest BCUT2D eigenvalue weighted by Crippen LogP contribution is 2.44. The van der Waals surface area contributed by atoms with E-state index in [4.69, 9.17) is 47.6 Å². The zero-order valence-electron chi connectivity index (χ0n) is 32.2. The van der Waals surface area contributed by atoms with Gasteiger partial charge >= 0.3 is 0 Å². The summed E-state index contributed by atoms with van der Waals surface area (Å²) in [5, 5.41) is 5.03. The van der Waals surface area contributed by atoms with Gasteiger partial charge < -0.3 is 52.9 Å². The number of rotatable bonds is 15. The molecule has 0 saturated heterocycles. The number of benzene rings is 4. The van der Waals surface area contributed by atoms with Gasteiger partial charge in [-0.2, -0.15) is 0 Å². The molecule has 0 fully saturated rings. The average molecular weight is 750 g/mol. The molecule has 0 aliphatic rings. The predicted octanol–water partition coefficient (Wildman–Crippen LogP) is 7.32. The van der Waals surface area contributed by atoms with Crippen molar-refractivity contribution in [2.75, 3.05) is 64.0 Å². The Morgan fingerprint density at radius 2 is 1.11 bits per heavy atom. The van der Waals surface area contributed by atoms with Crippen molar-refractivity contribution in [3.63, 3.8) is 0 Å². The molecule has 1 amide bonds. The van der Waals surface area contributed by atoms with Gasteiger partial charge in [0.1, 0.15) is 0 Å². The minimum Gasteiger partial charge on any atom is -0.493 e. The maximum atomic E-state index is 14.5. The second-order valence-electron chi connectivity index (χ2n) is 12.1. The van der Waals surface area contributed by atoms with Gasteiger partial charge in [-0.25, -0.2) is 4.98 Å². The molecular formula is C42H43N3O10. The first-order chi connectivity index (χ1) is 26.7. The summed E-state index contributed by atoms with van der Waals surface area (Å²) < 4.78 is 50.5. The summed E-state index contributed by atoms with van der Waals surface area (Å²) in [6.45, 7) is 0.0721. The first kappa shape index (κ1) is 38.0. The van der Waals surface area contributed by atoms with Crippen LogP contribution in [-0.2, 0) is 11.3 Å². The maximum Gasteiger partial charge on any atom is 0.252 e. The number of hydrogen-bond donors (Lipinski definition) is 2. The summed E-state index contributed by atoms with van der Waals surface area (Å²) in [5.74, 6) is 3.42. The molecule has 0 bridgehead atoms. The molecule has 55 heavy (non-hydrogen) atoms. The molecular weight excluding hydrogens is 706 g/mol. The van der Waals surface area contributed by atoms with Crippen LogP contribution in [0.1, 0.15) is 16.8 Å². The van der Waals surface area contributed by atoms with E-state index in [2.05, 4.69) is 10.3 Å². The number of hydrogen-bond acceptors (Lipinski definition) is 11. The third kappa shape index (κ3) is 7.28. The monoisotopic (exact) mass is 749 g/mol. The molecule has 0 radical (unpaired) electrons. The minimum atomic E-state index is -0.404. The van der Waals surface area contributed by atoms with Gasteiger partial charge in [-0.3, -0.25) is 4.79 Å². The van der Waals surface area contributed by atoms with E-state index >= 15 is 0 Å². The summed E-state index contributed by atoms with van der Waals surface area (Å²) in [5.41, 5.74) is 5.10. The lowest BCUT2D eigenvalue weighted by molar-refractivity contribution is -0.115. The zero-order valence-corrected chi connectivity index (χ0v) is 32.2. The molecule has 2 N–H and O–H groups in total. The Kier molecular flexibility index (Phi) is 11.4. The molecule has 0 aliphatic heterocycles. The Bertz CT molecular complexity index is 2330. The highest BCUT2D eigenvalue weighted by molar-refractivity contribution is 6.24. The number of pyridine rings is 1. The second-order valence-corrected chi connectivity index (χ2v) is 12.1. The number of ether oxygens (including phenoxy) is 9. The van der Waals surface area contributed by atoms with E-state index < -0.39 is 5.91 Å². The van der Waals surface area contributed by atoms with Crippen molar-refractivity contribution in [3.05, 3.63) is 83.6 Å². The zero-order chi connectivity index (χ0) is 39.2. The number of fused-ring (bicyclic) bond motifs is 3. The first-order valence-electron chi connectivity index (χ1n) is 17.1. The van der Waals surface area contributed by atoms with E-state index in [9.17, 15) is 4.79 Å². The Morgan fingerprint density at radius 1 is 0.618 bits per heavy atom. The molecule has 0 unspecified atom stereocenters. The van der Waals surface area contributed by atoms with Gasteiger partial charge in [-0.05, 0) is 65.7 Å². The Morgan fingerprint density at radius 3 is 1.62 bits per heavy atom. The lowest BCUT2D eigenvalue weighted by atomic mass is 10.00. The Hall–Kier alpha value is -6.76. The quantitative estimate of drug-likeness (QED) is 0.0806. The number of H-pyrrole nitrogens is 1. The van der Waals surface area contributed by atoms with E-state index in [1.165, 1.54) is 42.7 Å². The van der Waals surface area contributed by atoms with Crippen molar-refractivity contribution in [1.82, 2.24) is 15.3 Å². The number of aromatic amines is 1. The summed E-state index contributed by atoms with van der Waals surface area (Å²) in [4.78, 5) is 23.1. The molecule has 0 saturated carbocycles. The number of nitrogens with zero attached hydrogens (tertiary/aromatic N) is 1. The number of methoxy groups -OCH3 is 9. The van der Waals surface area contributed by atoms with Crippen molar-refractivity contribution < 1.29 is 47.4 Å². The Labute approximate surface area is 318 Å². The minimum absolute atomic E-state index is 0.0721. The normalized spacial score (nSPS) is 11.3. The van der Waals surface area contributed by atoms with Crippen LogP contribution in [-0.4, -0.2) is 79.9 Å². The molecule has 0 spiro atoms. The topological polar surface area (TPSA) is 141 Å². The second kappa shape index (κ2) is 16.5. The third-order valence-corrected chi connectivity index (χ3v) is 9.14. The van der Waals surface area contributed by atoms with Crippen LogP contribution in [0.3, 0.4) is 0 Å². The van der Waals surface area contributed by atoms with Crippen molar-refractivity contribution in [1.29, 1.82) is 0 Å². The molecule has 4 aromatic carbocycles. The van der Waals surface area contributed by atoms with Crippen molar-refractivity contribution in [3.8, 4) is 63.0 Å². The fraction of sp³-hybridized carbons (Fsp3) is 0.238. The molecule has 2 aromatic heterocycles. The number of nitrogens with one attached hydrogen (secondary N) is 2. The number of carbonyl (C=O) groups excluding carboxylic acids is 1. The fourth-order valence-electron chi connectivity index (χ4n) is 6.55. The summed E-state index contributed by atoms with van der Waals surface area (Å²) >= 11 is 0. The van der Waals surface area contributed by atoms with Crippen LogP contribution in [0.2, 0.25) is 0 Å². The molecule has 0 atom stereocenters. The van der Waals surface area contributed by atoms with Gasteiger partial charge in [0.25, 0.3) is 5.91 Å². The number of amides is 1. The van der Waals surface area contributed by atoms with E-state index in [1.807, 2.05) is 42.5 Å². The molecule has 0 aliphatic carbocycles. The standard InChI is InChI=1S/C42H43N3O10/c1-47-31-15-23(16-32(48-2)39(31)53-7)14-28(24-17-33(49-3)40(54-8)34(18-24)50-4)42(46)43-22-26-21-29-27-12-10-11-13-30(27)45-38(29)37(44-26)25-19-35(51-5)41(55-9)36(20-25)52-6/h10-21,45H,22H2,1-9H3,(H,43,46)/b28-14+. The van der Waals surface area contributed by atoms with Crippen LogP contribution in [0.15, 0.2) is 66.7 Å². The van der Waals surface area contributed by atoms with E-state index in [-0.39, 0.29) is 12.1 Å². The van der Waals surface area contributed by atoms with Crippen LogP contribution >= 0.6 is 0 Å². The molecule has 6 rings (SSSR count). The van der Waals surface area contributed by atoms with E-state index in [0.29, 0.717) is 74.3 Å². The van der Waals surface area contributed by atoms with Crippen molar-refractivity contribution >= 4 is 39.4 Å². The van der Waals surface area contributed by atoms with Crippen LogP contribution in [0.4, 0.5) is 0 Å². The third-order valence-electron chi connectivity index (χ3n) is 9.14. The van der Waals surface area contributed by atoms with Gasteiger partial charge in [0, 0.05) is 27.4 Å². The van der Waals surface area contributed by atoms with Crippen LogP contribution < -0.4 is 47.9 Å². The summed E-state index contributed by atoms with van der Waals surface area (Å²) in [6, 6.07) is 20.6. The van der Waals surface area contributed by atoms with Crippen LogP contribution in [0.25, 0.3) is 44.7 Å². The van der Waals surface area contributed by atoms with Gasteiger partial charge in [0.2, 0.25) is 17.2 Å². The lowest BCUT2D eigenvalue weighted by Gasteiger charge is -2.17. The fourth-order valence-corrected chi connectivity index (χ4v) is 6.55. The lowest BCUT2D eigenvalue weighted by Crippen LogP contribution is -2.24. The molecule has 13 heteroatoms. The molecule has 13 nitrogen and oxygen atoms in total. The summed E-state index contributed by atoms with van der Waals surface area (Å²) in [7, 11) is 13.8. The molecule has 2 heterocycles. The number of aromatic nitrogens is 2. The van der Waals surface area contributed by atoms with Gasteiger partial charge in [0.15, 0.2) is 34.5 Å². The van der Waals surface area contributed by atoms with Crippen molar-refractivity contribution in [2.45, 2.75) is 6.54 Å². The highest BCUT2D eigenvalue weighted by atomic mass is 16.5. The van der Waals surface area contributed by atoms with E-state index in [0.717, 1.165) is 27.4 Å². The Balaban J connectivity index is 1.48. The largest absolute Gasteiger partial charge is 0.493 e. The molecule has 286 valence electrons. The smallest absolute Gasteiger partial charge is 0.252 e. The van der Waals surface area contributed by atoms with Gasteiger partial charge in [0.05, 0.1) is 87.4 Å².